The van der Waals surface area contributed by atoms with Gasteiger partial charge in [-0.3, -0.25) is 14.6 Å². The van der Waals surface area contributed by atoms with E-state index in [-0.39, 0.29) is 16.9 Å². The molecule has 0 bridgehead atoms. The van der Waals surface area contributed by atoms with Gasteiger partial charge >= 0.3 is 0 Å². The number of carbonyl (C=O) groups is 2. The van der Waals surface area contributed by atoms with E-state index in [2.05, 4.69) is 29.5 Å². The lowest BCUT2D eigenvalue weighted by Crippen LogP contribution is -2.17. The molecule has 3 rings (SSSR count). The number of nitrogens with one attached hydrogen (secondary N) is 2. The quantitative estimate of drug-likeness (QED) is 0.640. The Morgan fingerprint density at radius 1 is 0.897 bits per heavy atom. The third-order valence-corrected chi connectivity index (χ3v) is 4.27. The minimum Gasteiger partial charge on any atom is -0.321 e. The molecule has 2 amide bonds. The highest BCUT2D eigenvalue weighted by Gasteiger charge is 2.14. The fourth-order valence-electron chi connectivity index (χ4n) is 2.63. The van der Waals surface area contributed by atoms with E-state index >= 15 is 0 Å². The second-order valence-corrected chi connectivity index (χ2v) is 6.74. The maximum absolute atomic E-state index is 13.7. The molecule has 0 saturated heterocycles. The first-order valence-corrected chi connectivity index (χ1v) is 8.97. The molecule has 0 saturated carbocycles. The fourth-order valence-corrected chi connectivity index (χ4v) is 2.63. The molecule has 0 spiro atoms. The Labute approximate surface area is 166 Å². The van der Waals surface area contributed by atoms with Gasteiger partial charge < -0.3 is 10.6 Å². The second kappa shape index (κ2) is 8.60. The summed E-state index contributed by atoms with van der Waals surface area (Å²) in [5.41, 5.74) is 1.73. The average Bonchev–Trinajstić information content (AvgIpc) is 2.70. The molecular weight excluding hydrogens is 376 g/mol. The molecule has 0 aliphatic heterocycles. The molecule has 3 aromatic rings. The maximum atomic E-state index is 13.7. The summed E-state index contributed by atoms with van der Waals surface area (Å²) in [5.74, 6) is -2.39. The number of pyridine rings is 1. The molecule has 0 aliphatic carbocycles. The predicted molar refractivity (Wildman–Crippen MR) is 107 cm³/mol. The topological polar surface area (TPSA) is 71.1 Å². The zero-order valence-electron chi connectivity index (χ0n) is 15.9. The SMILES string of the molecule is CC(C)c1ccc(NC(=O)c2cc(C(=O)Nc3ccc(F)cc3F)ccn2)cc1. The van der Waals surface area contributed by atoms with Crippen molar-refractivity contribution in [2.75, 3.05) is 10.6 Å². The summed E-state index contributed by atoms with van der Waals surface area (Å²) in [6.45, 7) is 4.15. The molecule has 0 radical (unpaired) electrons. The third-order valence-electron chi connectivity index (χ3n) is 4.27. The van der Waals surface area contributed by atoms with Crippen molar-refractivity contribution in [3.8, 4) is 0 Å². The summed E-state index contributed by atoms with van der Waals surface area (Å²) in [6, 6.07) is 13.0. The van der Waals surface area contributed by atoms with Gasteiger partial charge in [0.15, 0.2) is 0 Å². The van der Waals surface area contributed by atoms with Crippen LogP contribution in [0.3, 0.4) is 0 Å². The van der Waals surface area contributed by atoms with Gasteiger partial charge in [0.2, 0.25) is 0 Å². The minimum absolute atomic E-state index is 0.0326. The number of benzene rings is 2. The summed E-state index contributed by atoms with van der Waals surface area (Å²) >= 11 is 0. The van der Waals surface area contributed by atoms with Gasteiger partial charge in [0.1, 0.15) is 17.3 Å². The summed E-state index contributed by atoms with van der Waals surface area (Å²) < 4.78 is 26.7. The van der Waals surface area contributed by atoms with Crippen LogP contribution < -0.4 is 10.6 Å². The Balaban J connectivity index is 1.72. The lowest BCUT2D eigenvalue weighted by atomic mass is 10.0. The van der Waals surface area contributed by atoms with Crippen molar-refractivity contribution >= 4 is 23.2 Å². The first-order chi connectivity index (χ1) is 13.8. The Morgan fingerprint density at radius 2 is 1.62 bits per heavy atom. The Hall–Kier alpha value is -3.61. The smallest absolute Gasteiger partial charge is 0.274 e. The van der Waals surface area contributed by atoms with Crippen LogP contribution in [-0.4, -0.2) is 16.8 Å². The Bertz CT molecular complexity index is 1050. The van der Waals surface area contributed by atoms with Crippen LogP contribution in [0.1, 0.15) is 46.2 Å². The molecule has 2 N–H and O–H groups in total. The molecule has 2 aromatic carbocycles. The predicted octanol–water partition coefficient (Wildman–Crippen LogP) is 4.99. The first kappa shape index (κ1) is 20.1. The molecule has 148 valence electrons. The summed E-state index contributed by atoms with van der Waals surface area (Å²) in [5, 5.41) is 5.07. The normalized spacial score (nSPS) is 10.7. The highest BCUT2D eigenvalue weighted by Crippen LogP contribution is 2.18. The average molecular weight is 395 g/mol. The lowest BCUT2D eigenvalue weighted by molar-refractivity contribution is 0.102. The van der Waals surface area contributed by atoms with Gasteiger partial charge in [0, 0.05) is 23.5 Å². The van der Waals surface area contributed by atoms with Crippen LogP contribution in [0, 0.1) is 11.6 Å². The van der Waals surface area contributed by atoms with Gasteiger partial charge in [-0.05, 0) is 47.9 Å². The number of rotatable bonds is 5. The molecule has 0 aliphatic rings. The standard InChI is InChI=1S/C22H19F2N3O2/c1-13(2)14-3-6-17(7-4-14)26-22(29)20-11-15(9-10-25-20)21(28)27-19-8-5-16(23)12-18(19)24/h3-13H,1-2H3,(H,26,29)(H,27,28). The molecular formula is C22H19F2N3O2. The Kier molecular flexibility index (Phi) is 5.97. The van der Waals surface area contributed by atoms with Gasteiger partial charge in [-0.15, -0.1) is 0 Å². The van der Waals surface area contributed by atoms with Crippen molar-refractivity contribution in [2.45, 2.75) is 19.8 Å². The zero-order chi connectivity index (χ0) is 21.0. The molecule has 1 aromatic heterocycles. The number of amides is 2. The number of aromatic nitrogens is 1. The number of halogens is 2. The van der Waals surface area contributed by atoms with Gasteiger partial charge in [-0.1, -0.05) is 26.0 Å². The van der Waals surface area contributed by atoms with Gasteiger partial charge in [0.05, 0.1) is 5.69 Å². The van der Waals surface area contributed by atoms with Crippen molar-refractivity contribution in [2.24, 2.45) is 0 Å². The molecule has 1 heterocycles. The van der Waals surface area contributed by atoms with Crippen LogP contribution in [0.25, 0.3) is 0 Å². The van der Waals surface area contributed by atoms with Gasteiger partial charge in [0.25, 0.3) is 11.8 Å². The Morgan fingerprint density at radius 3 is 2.28 bits per heavy atom. The van der Waals surface area contributed by atoms with E-state index in [9.17, 15) is 18.4 Å². The van der Waals surface area contributed by atoms with Crippen molar-refractivity contribution in [3.05, 3.63) is 89.2 Å². The number of nitrogens with zero attached hydrogens (tertiary/aromatic N) is 1. The number of anilines is 2. The van der Waals surface area contributed by atoms with E-state index in [1.807, 2.05) is 12.1 Å². The second-order valence-electron chi connectivity index (χ2n) is 6.74. The van der Waals surface area contributed by atoms with E-state index in [1.165, 1.54) is 18.3 Å². The number of carbonyl (C=O) groups excluding carboxylic acids is 2. The van der Waals surface area contributed by atoms with E-state index in [0.29, 0.717) is 17.7 Å². The monoisotopic (exact) mass is 395 g/mol. The van der Waals surface area contributed by atoms with Crippen molar-refractivity contribution in [1.29, 1.82) is 0 Å². The molecule has 0 atom stereocenters. The largest absolute Gasteiger partial charge is 0.321 e. The number of hydrogen-bond donors (Lipinski definition) is 2. The van der Waals surface area contributed by atoms with Crippen LogP contribution in [-0.2, 0) is 0 Å². The highest BCUT2D eigenvalue weighted by atomic mass is 19.1. The van der Waals surface area contributed by atoms with Crippen molar-refractivity contribution in [1.82, 2.24) is 4.98 Å². The summed E-state index contributed by atoms with van der Waals surface area (Å²) in [4.78, 5) is 28.8. The van der Waals surface area contributed by atoms with E-state index < -0.39 is 23.4 Å². The van der Waals surface area contributed by atoms with E-state index in [1.54, 1.807) is 12.1 Å². The molecule has 0 fully saturated rings. The molecule has 5 nitrogen and oxygen atoms in total. The molecule has 0 unspecified atom stereocenters. The number of hydrogen-bond acceptors (Lipinski definition) is 3. The van der Waals surface area contributed by atoms with Gasteiger partial charge in [-0.25, -0.2) is 8.78 Å². The lowest BCUT2D eigenvalue weighted by Gasteiger charge is -2.09. The highest BCUT2D eigenvalue weighted by molar-refractivity contribution is 6.07. The van der Waals surface area contributed by atoms with E-state index in [0.717, 1.165) is 17.7 Å². The first-order valence-electron chi connectivity index (χ1n) is 8.97. The van der Waals surface area contributed by atoms with Crippen LogP contribution >= 0.6 is 0 Å². The van der Waals surface area contributed by atoms with Crippen LogP contribution in [0.5, 0.6) is 0 Å². The fraction of sp³-hybridized carbons (Fsp3) is 0.136. The van der Waals surface area contributed by atoms with E-state index in [4.69, 9.17) is 0 Å². The third kappa shape index (κ3) is 5.01. The van der Waals surface area contributed by atoms with Gasteiger partial charge in [-0.2, -0.15) is 0 Å². The van der Waals surface area contributed by atoms with Crippen LogP contribution in [0.4, 0.5) is 20.2 Å². The van der Waals surface area contributed by atoms with Crippen LogP contribution in [0.15, 0.2) is 60.8 Å². The summed E-state index contributed by atoms with van der Waals surface area (Å²) in [6.07, 6.45) is 1.31. The zero-order valence-corrected chi connectivity index (χ0v) is 15.9. The van der Waals surface area contributed by atoms with Crippen LogP contribution in [0.2, 0.25) is 0 Å². The maximum Gasteiger partial charge on any atom is 0.274 e. The van der Waals surface area contributed by atoms with Crippen molar-refractivity contribution < 1.29 is 18.4 Å². The molecule has 7 heteroatoms. The minimum atomic E-state index is -0.893. The summed E-state index contributed by atoms with van der Waals surface area (Å²) in [7, 11) is 0. The molecule has 29 heavy (non-hydrogen) atoms. The van der Waals surface area contributed by atoms with Crippen molar-refractivity contribution in [3.63, 3.8) is 0 Å².